The van der Waals surface area contributed by atoms with Crippen molar-refractivity contribution < 1.29 is 0 Å². The zero-order chi connectivity index (χ0) is 8.43. The first kappa shape index (κ1) is 15.7. The highest BCUT2D eigenvalue weighted by molar-refractivity contribution is 6.35. The summed E-state index contributed by atoms with van der Waals surface area (Å²) in [5.41, 5.74) is 6.31. The van der Waals surface area contributed by atoms with Crippen LogP contribution < -0.4 is 5.73 Å². The Bertz CT molecular complexity index is 244. The van der Waals surface area contributed by atoms with Crippen LogP contribution >= 0.6 is 48.0 Å². The van der Waals surface area contributed by atoms with Crippen molar-refractivity contribution in [3.8, 4) is 0 Å². The first-order valence-electron chi connectivity index (χ1n) is 3.18. The van der Waals surface area contributed by atoms with E-state index >= 15 is 0 Å². The molecule has 1 unspecified atom stereocenters. The van der Waals surface area contributed by atoms with E-state index in [1.807, 2.05) is 6.92 Å². The van der Waals surface area contributed by atoms with Gasteiger partial charge in [-0.2, -0.15) is 0 Å². The Morgan fingerprint density at radius 2 is 1.92 bits per heavy atom. The summed E-state index contributed by atoms with van der Waals surface area (Å²) in [6.07, 6.45) is 1.55. The molecule has 0 bridgehead atoms. The average Bonchev–Trinajstić information content (AvgIpc) is 1.85. The van der Waals surface area contributed by atoms with E-state index in [9.17, 15) is 0 Å². The van der Waals surface area contributed by atoms with Crippen molar-refractivity contribution in [3.63, 3.8) is 0 Å². The molecule has 0 saturated heterocycles. The van der Waals surface area contributed by atoms with Gasteiger partial charge < -0.3 is 5.73 Å². The molecule has 1 aromatic heterocycles. The second-order valence-corrected chi connectivity index (χ2v) is 3.05. The minimum absolute atomic E-state index is 0. The molecule has 0 aromatic carbocycles. The summed E-state index contributed by atoms with van der Waals surface area (Å²) >= 11 is 11.6. The molecule has 6 heteroatoms. The molecular weight excluding hydrogens is 254 g/mol. The van der Waals surface area contributed by atoms with Crippen LogP contribution in [0, 0.1) is 0 Å². The lowest BCUT2D eigenvalue weighted by Gasteiger charge is -2.08. The second kappa shape index (κ2) is 6.68. The molecule has 76 valence electrons. The number of pyridine rings is 1. The van der Waals surface area contributed by atoms with Crippen LogP contribution in [-0.2, 0) is 0 Å². The van der Waals surface area contributed by atoms with Gasteiger partial charge in [0.05, 0.1) is 0 Å². The molecule has 2 nitrogen and oxygen atoms in total. The minimum Gasteiger partial charge on any atom is -0.324 e. The molecule has 0 aliphatic carbocycles. The summed E-state index contributed by atoms with van der Waals surface area (Å²) in [6.45, 7) is 1.81. The number of nitrogens with two attached hydrogens (primary N) is 1. The topological polar surface area (TPSA) is 38.9 Å². The Kier molecular flexibility index (Phi) is 8.09. The molecule has 0 aliphatic rings. The van der Waals surface area contributed by atoms with Gasteiger partial charge in [0.25, 0.3) is 0 Å². The van der Waals surface area contributed by atoms with E-state index in [-0.39, 0.29) is 30.9 Å². The quantitative estimate of drug-likeness (QED) is 0.790. The lowest BCUT2D eigenvalue weighted by Crippen LogP contribution is -2.06. The number of halogens is 4. The third kappa shape index (κ3) is 3.88. The van der Waals surface area contributed by atoms with Crippen LogP contribution in [-0.4, -0.2) is 4.98 Å². The number of aromatic nitrogens is 1. The van der Waals surface area contributed by atoms with Gasteiger partial charge in [-0.3, -0.25) is 0 Å². The Hall–Kier alpha value is 0.270. The Labute approximate surface area is 99.6 Å². The van der Waals surface area contributed by atoms with E-state index in [1.54, 1.807) is 12.3 Å². The summed E-state index contributed by atoms with van der Waals surface area (Å²) in [5.74, 6) is 0. The molecule has 13 heavy (non-hydrogen) atoms. The largest absolute Gasteiger partial charge is 0.324 e. The Balaban J connectivity index is 0. The summed E-state index contributed by atoms with van der Waals surface area (Å²) in [5, 5.41) is 0.951. The molecule has 0 radical (unpaired) electrons. The molecule has 0 spiro atoms. The summed E-state index contributed by atoms with van der Waals surface area (Å²) in [4.78, 5) is 3.86. The first-order chi connectivity index (χ1) is 5.13. The van der Waals surface area contributed by atoms with Gasteiger partial charge >= 0.3 is 0 Å². The van der Waals surface area contributed by atoms with E-state index in [0.717, 1.165) is 0 Å². The van der Waals surface area contributed by atoms with Gasteiger partial charge in [-0.25, -0.2) is 4.98 Å². The summed E-state index contributed by atoms with van der Waals surface area (Å²) in [6, 6.07) is 1.50. The Morgan fingerprint density at radius 1 is 1.38 bits per heavy atom. The smallest absolute Gasteiger partial charge is 0.135 e. The van der Waals surface area contributed by atoms with Crippen LogP contribution in [0.5, 0.6) is 0 Å². The van der Waals surface area contributed by atoms with E-state index in [2.05, 4.69) is 4.98 Å². The molecule has 0 amide bonds. The van der Waals surface area contributed by atoms with Crippen molar-refractivity contribution in [1.82, 2.24) is 4.98 Å². The highest BCUT2D eigenvalue weighted by Gasteiger charge is 2.09. The van der Waals surface area contributed by atoms with Gasteiger partial charge in [0.2, 0.25) is 0 Å². The van der Waals surface area contributed by atoms with Gasteiger partial charge in [-0.15, -0.1) is 24.8 Å². The van der Waals surface area contributed by atoms with Crippen molar-refractivity contribution in [3.05, 3.63) is 28.0 Å². The fraction of sp³-hybridized carbons (Fsp3) is 0.286. The number of nitrogens with zero attached hydrogens (tertiary/aromatic N) is 1. The average molecular weight is 264 g/mol. The molecule has 1 heterocycles. The summed E-state index contributed by atoms with van der Waals surface area (Å²) in [7, 11) is 0. The Morgan fingerprint density at radius 3 is 2.23 bits per heavy atom. The molecule has 0 aliphatic heterocycles. The molecule has 2 N–H and O–H groups in total. The zero-order valence-corrected chi connectivity index (χ0v) is 9.97. The van der Waals surface area contributed by atoms with Crippen LogP contribution in [0.3, 0.4) is 0 Å². The maximum atomic E-state index is 5.82. The molecular formula is C7H10Cl4N2. The van der Waals surface area contributed by atoms with E-state index in [4.69, 9.17) is 28.9 Å². The maximum absolute atomic E-state index is 5.82. The molecule has 0 fully saturated rings. The van der Waals surface area contributed by atoms with Gasteiger partial charge in [-0.05, 0) is 13.0 Å². The standard InChI is InChI=1S/C7H8Cl2N2.2ClH/c1-4(10)6-5(8)2-3-11-7(6)9;;/h2-4H,10H2,1H3;2*1H. The van der Waals surface area contributed by atoms with Crippen molar-refractivity contribution in [2.45, 2.75) is 13.0 Å². The van der Waals surface area contributed by atoms with Gasteiger partial charge in [0.15, 0.2) is 0 Å². The minimum atomic E-state index is -0.177. The van der Waals surface area contributed by atoms with Crippen LogP contribution in [0.1, 0.15) is 18.5 Å². The monoisotopic (exact) mass is 262 g/mol. The third-order valence-electron chi connectivity index (χ3n) is 1.34. The zero-order valence-electron chi connectivity index (χ0n) is 6.83. The second-order valence-electron chi connectivity index (χ2n) is 2.29. The van der Waals surface area contributed by atoms with Gasteiger partial charge in [0.1, 0.15) is 5.15 Å². The lowest BCUT2D eigenvalue weighted by atomic mass is 10.1. The van der Waals surface area contributed by atoms with Crippen LogP contribution in [0.15, 0.2) is 12.3 Å². The third-order valence-corrected chi connectivity index (χ3v) is 1.97. The van der Waals surface area contributed by atoms with Crippen molar-refractivity contribution in [2.75, 3.05) is 0 Å². The molecule has 1 atom stereocenters. The molecule has 1 rings (SSSR count). The highest BCUT2D eigenvalue weighted by Crippen LogP contribution is 2.26. The van der Waals surface area contributed by atoms with Crippen LogP contribution in [0.4, 0.5) is 0 Å². The predicted molar refractivity (Wildman–Crippen MR) is 61.4 cm³/mol. The lowest BCUT2D eigenvalue weighted by molar-refractivity contribution is 0.812. The first-order valence-corrected chi connectivity index (χ1v) is 3.94. The van der Waals surface area contributed by atoms with E-state index in [1.165, 1.54) is 0 Å². The normalized spacial score (nSPS) is 11.1. The fourth-order valence-electron chi connectivity index (χ4n) is 0.831. The maximum Gasteiger partial charge on any atom is 0.135 e. The van der Waals surface area contributed by atoms with Crippen molar-refractivity contribution >= 4 is 48.0 Å². The van der Waals surface area contributed by atoms with Crippen molar-refractivity contribution in [2.24, 2.45) is 5.73 Å². The predicted octanol–water partition coefficient (Wildman–Crippen LogP) is 3.25. The van der Waals surface area contributed by atoms with E-state index < -0.39 is 0 Å². The van der Waals surface area contributed by atoms with Gasteiger partial charge in [0, 0.05) is 22.8 Å². The summed E-state index contributed by atoms with van der Waals surface area (Å²) < 4.78 is 0. The SMILES string of the molecule is CC(N)c1c(Cl)ccnc1Cl.Cl.Cl. The van der Waals surface area contributed by atoms with Crippen LogP contribution in [0.2, 0.25) is 10.2 Å². The van der Waals surface area contributed by atoms with Crippen molar-refractivity contribution in [1.29, 1.82) is 0 Å². The fourth-order valence-corrected chi connectivity index (χ4v) is 1.53. The highest BCUT2D eigenvalue weighted by atomic mass is 35.5. The van der Waals surface area contributed by atoms with Gasteiger partial charge in [-0.1, -0.05) is 23.2 Å². The number of hydrogen-bond acceptors (Lipinski definition) is 2. The van der Waals surface area contributed by atoms with E-state index in [0.29, 0.717) is 15.7 Å². The number of rotatable bonds is 1. The molecule has 1 aromatic rings. The van der Waals surface area contributed by atoms with Crippen LogP contribution in [0.25, 0.3) is 0 Å². The molecule has 0 saturated carbocycles. The number of hydrogen-bond donors (Lipinski definition) is 1.